The molecule has 0 heterocycles. The zero-order valence-corrected chi connectivity index (χ0v) is 14.2. The topological polar surface area (TPSA) is 26.0 Å². The molecule has 0 fully saturated rings. The number of hydrogen-bond acceptors (Lipinski definition) is 1. The Balaban J connectivity index is 2.21. The van der Waals surface area contributed by atoms with E-state index in [2.05, 4.69) is 31.9 Å². The fourth-order valence-electron chi connectivity index (χ4n) is 2.49. The number of nitrogens with two attached hydrogens (primary N) is 1. The molecule has 0 aliphatic rings. The van der Waals surface area contributed by atoms with Gasteiger partial charge in [-0.2, -0.15) is 0 Å². The molecule has 0 saturated carbocycles. The van der Waals surface area contributed by atoms with Crippen molar-refractivity contribution in [3.63, 3.8) is 0 Å². The summed E-state index contributed by atoms with van der Waals surface area (Å²) in [4.78, 5) is 0. The van der Waals surface area contributed by atoms with Crippen LogP contribution < -0.4 is 5.73 Å². The van der Waals surface area contributed by atoms with Crippen LogP contribution in [0.25, 0.3) is 10.8 Å². The van der Waals surface area contributed by atoms with Crippen molar-refractivity contribution in [3.8, 4) is 0 Å². The van der Waals surface area contributed by atoms with Crippen LogP contribution in [-0.4, -0.2) is 0 Å². The monoisotopic (exact) mass is 407 g/mol. The summed E-state index contributed by atoms with van der Waals surface area (Å²) < 4.78 is 15.2. The van der Waals surface area contributed by atoms with Gasteiger partial charge in [0.15, 0.2) is 0 Å². The van der Waals surface area contributed by atoms with Crippen LogP contribution in [0.15, 0.2) is 63.5 Å². The van der Waals surface area contributed by atoms with Crippen molar-refractivity contribution < 1.29 is 4.39 Å². The molecule has 4 heteroatoms. The molecule has 0 saturated heterocycles. The highest BCUT2D eigenvalue weighted by atomic mass is 79.9. The molecule has 0 aliphatic heterocycles. The van der Waals surface area contributed by atoms with Crippen LogP contribution in [-0.2, 0) is 0 Å². The molecular formula is C17H12Br2FN. The van der Waals surface area contributed by atoms with Crippen LogP contribution in [0.4, 0.5) is 4.39 Å². The van der Waals surface area contributed by atoms with E-state index in [0.717, 1.165) is 26.4 Å². The molecule has 1 nitrogen and oxygen atoms in total. The maximum Gasteiger partial charge on any atom is 0.137 e. The molecule has 0 spiro atoms. The van der Waals surface area contributed by atoms with Gasteiger partial charge in [0.1, 0.15) is 5.82 Å². The van der Waals surface area contributed by atoms with Crippen LogP contribution >= 0.6 is 31.9 Å². The number of benzene rings is 3. The summed E-state index contributed by atoms with van der Waals surface area (Å²) in [7, 11) is 0. The highest BCUT2D eigenvalue weighted by Crippen LogP contribution is 2.34. The Hall–Kier alpha value is -1.23. The third-order valence-corrected chi connectivity index (χ3v) is 5.08. The van der Waals surface area contributed by atoms with Crippen LogP contribution in [0, 0.1) is 5.82 Å². The quantitative estimate of drug-likeness (QED) is 0.590. The molecule has 3 aromatic rings. The first-order valence-electron chi connectivity index (χ1n) is 6.46. The van der Waals surface area contributed by atoms with Gasteiger partial charge in [0, 0.05) is 4.47 Å². The minimum atomic E-state index is -0.395. The lowest BCUT2D eigenvalue weighted by Gasteiger charge is -2.17. The number of halogens is 3. The maximum absolute atomic E-state index is 13.7. The summed E-state index contributed by atoms with van der Waals surface area (Å²) in [5.74, 6) is -0.302. The fourth-order valence-corrected chi connectivity index (χ4v) is 3.47. The Bertz CT molecular complexity index is 817. The molecular weight excluding hydrogens is 397 g/mol. The van der Waals surface area contributed by atoms with Gasteiger partial charge < -0.3 is 5.73 Å². The van der Waals surface area contributed by atoms with Gasteiger partial charge in [-0.15, -0.1) is 0 Å². The van der Waals surface area contributed by atoms with Crippen molar-refractivity contribution in [2.45, 2.75) is 6.04 Å². The van der Waals surface area contributed by atoms with Crippen molar-refractivity contribution in [2.24, 2.45) is 5.73 Å². The predicted octanol–water partition coefficient (Wildman–Crippen LogP) is 5.55. The third kappa shape index (κ3) is 2.63. The standard InChI is InChI=1S/C17H12Br2FN/c18-14-9-8-12(10-4-1-2-5-11(10)14)17(21)13-6-3-7-15(20)16(13)19/h1-9,17H,21H2. The van der Waals surface area contributed by atoms with Gasteiger partial charge in [0.2, 0.25) is 0 Å². The molecule has 0 amide bonds. The van der Waals surface area contributed by atoms with Crippen molar-refractivity contribution in [3.05, 3.63) is 80.5 Å². The Morgan fingerprint density at radius 2 is 1.52 bits per heavy atom. The first-order valence-corrected chi connectivity index (χ1v) is 8.05. The minimum Gasteiger partial charge on any atom is -0.320 e. The molecule has 21 heavy (non-hydrogen) atoms. The van der Waals surface area contributed by atoms with Gasteiger partial charge in [0.25, 0.3) is 0 Å². The average Bonchev–Trinajstić information content (AvgIpc) is 2.50. The average molecular weight is 409 g/mol. The van der Waals surface area contributed by atoms with Gasteiger partial charge in [-0.05, 0) is 50.0 Å². The highest BCUT2D eigenvalue weighted by Gasteiger charge is 2.17. The maximum atomic E-state index is 13.7. The lowest BCUT2D eigenvalue weighted by molar-refractivity contribution is 0.616. The van der Waals surface area contributed by atoms with Crippen molar-refractivity contribution in [1.82, 2.24) is 0 Å². The Kier molecular flexibility index (Phi) is 4.11. The second-order valence-corrected chi connectivity index (χ2v) is 6.45. The van der Waals surface area contributed by atoms with E-state index < -0.39 is 6.04 Å². The Morgan fingerprint density at radius 3 is 2.29 bits per heavy atom. The highest BCUT2D eigenvalue weighted by molar-refractivity contribution is 9.11. The second-order valence-electron chi connectivity index (χ2n) is 4.80. The van der Waals surface area contributed by atoms with E-state index in [1.54, 1.807) is 6.07 Å². The molecule has 106 valence electrons. The molecule has 0 aliphatic carbocycles. The summed E-state index contributed by atoms with van der Waals surface area (Å²) in [5.41, 5.74) is 8.10. The molecule has 0 bridgehead atoms. The van der Waals surface area contributed by atoms with Gasteiger partial charge in [-0.25, -0.2) is 4.39 Å². The lowest BCUT2D eigenvalue weighted by Crippen LogP contribution is -2.13. The van der Waals surface area contributed by atoms with E-state index in [-0.39, 0.29) is 5.82 Å². The van der Waals surface area contributed by atoms with E-state index in [0.29, 0.717) is 4.47 Å². The van der Waals surface area contributed by atoms with E-state index in [1.807, 2.05) is 42.5 Å². The largest absolute Gasteiger partial charge is 0.320 e. The third-order valence-electron chi connectivity index (χ3n) is 3.56. The van der Waals surface area contributed by atoms with Gasteiger partial charge in [-0.3, -0.25) is 0 Å². The smallest absolute Gasteiger partial charge is 0.137 e. The van der Waals surface area contributed by atoms with E-state index >= 15 is 0 Å². The van der Waals surface area contributed by atoms with Crippen molar-refractivity contribution in [1.29, 1.82) is 0 Å². The lowest BCUT2D eigenvalue weighted by atomic mass is 9.94. The molecule has 3 rings (SSSR count). The van der Waals surface area contributed by atoms with E-state index in [4.69, 9.17) is 5.73 Å². The SMILES string of the molecule is NC(c1cccc(F)c1Br)c1ccc(Br)c2ccccc12. The molecule has 0 aromatic heterocycles. The van der Waals surface area contributed by atoms with E-state index in [9.17, 15) is 4.39 Å². The first-order chi connectivity index (χ1) is 10.1. The summed E-state index contributed by atoms with van der Waals surface area (Å²) in [6, 6.07) is 16.5. The Labute approximate surface area is 139 Å². The summed E-state index contributed by atoms with van der Waals surface area (Å²) in [5, 5.41) is 2.16. The normalized spacial score (nSPS) is 12.6. The number of rotatable bonds is 2. The summed E-state index contributed by atoms with van der Waals surface area (Å²) in [6.07, 6.45) is 0. The second kappa shape index (κ2) is 5.87. The zero-order chi connectivity index (χ0) is 15.0. The molecule has 1 atom stereocenters. The van der Waals surface area contributed by atoms with Gasteiger partial charge >= 0.3 is 0 Å². The predicted molar refractivity (Wildman–Crippen MR) is 91.8 cm³/mol. The fraction of sp³-hybridized carbons (Fsp3) is 0.0588. The van der Waals surface area contributed by atoms with Crippen LogP contribution in [0.1, 0.15) is 17.2 Å². The number of hydrogen-bond donors (Lipinski definition) is 1. The summed E-state index contributed by atoms with van der Waals surface area (Å²) >= 11 is 6.84. The van der Waals surface area contributed by atoms with Crippen molar-refractivity contribution >= 4 is 42.6 Å². The first kappa shape index (κ1) is 14.7. The van der Waals surface area contributed by atoms with Crippen LogP contribution in [0.2, 0.25) is 0 Å². The zero-order valence-electron chi connectivity index (χ0n) is 11.0. The summed E-state index contributed by atoms with van der Waals surface area (Å²) in [6.45, 7) is 0. The van der Waals surface area contributed by atoms with E-state index in [1.165, 1.54) is 6.07 Å². The molecule has 3 aromatic carbocycles. The van der Waals surface area contributed by atoms with Crippen LogP contribution in [0.3, 0.4) is 0 Å². The van der Waals surface area contributed by atoms with Gasteiger partial charge in [0.05, 0.1) is 10.5 Å². The molecule has 1 unspecified atom stereocenters. The van der Waals surface area contributed by atoms with Crippen LogP contribution in [0.5, 0.6) is 0 Å². The molecule has 2 N–H and O–H groups in total. The van der Waals surface area contributed by atoms with Crippen molar-refractivity contribution in [2.75, 3.05) is 0 Å². The van der Waals surface area contributed by atoms with Gasteiger partial charge in [-0.1, -0.05) is 58.4 Å². The molecule has 0 radical (unpaired) electrons. The number of fused-ring (bicyclic) bond motifs is 1. The Morgan fingerprint density at radius 1 is 0.810 bits per heavy atom. The minimum absolute atomic E-state index is 0.302.